The molecule has 6 heteroatoms. The minimum atomic E-state index is 0.139. The van der Waals surface area contributed by atoms with Gasteiger partial charge in [-0.1, -0.05) is 6.07 Å². The van der Waals surface area contributed by atoms with Crippen LogP contribution in [-0.4, -0.2) is 47.4 Å². The van der Waals surface area contributed by atoms with Crippen LogP contribution in [0.25, 0.3) is 0 Å². The van der Waals surface area contributed by atoms with Gasteiger partial charge in [-0.2, -0.15) is 5.10 Å². The first-order valence-corrected chi connectivity index (χ1v) is 8.69. The number of hydrogen-bond donors (Lipinski definition) is 0. The molecular formula is C19H25N3O3. The van der Waals surface area contributed by atoms with Gasteiger partial charge in [-0.3, -0.25) is 9.48 Å². The molecule has 1 atom stereocenters. The third kappa shape index (κ3) is 4.13. The molecule has 1 fully saturated rings. The SMILES string of the molecule is COc1ccc(CC(=O)N2CCCCC2Cn2cccn2)c(OC)c1. The number of carbonyl (C=O) groups excluding carboxylic acids is 1. The van der Waals surface area contributed by atoms with Crippen molar-refractivity contribution in [2.45, 2.75) is 38.3 Å². The second kappa shape index (κ2) is 8.05. The number of benzene rings is 1. The van der Waals surface area contributed by atoms with Crippen LogP contribution in [0.3, 0.4) is 0 Å². The highest BCUT2D eigenvalue weighted by molar-refractivity contribution is 5.80. The Morgan fingerprint density at radius 1 is 1.28 bits per heavy atom. The highest BCUT2D eigenvalue weighted by Gasteiger charge is 2.27. The predicted octanol–water partition coefficient (Wildman–Crippen LogP) is 2.52. The Labute approximate surface area is 148 Å². The van der Waals surface area contributed by atoms with Gasteiger partial charge in [0.1, 0.15) is 11.5 Å². The predicted molar refractivity (Wildman–Crippen MR) is 94.8 cm³/mol. The zero-order chi connectivity index (χ0) is 17.6. The van der Waals surface area contributed by atoms with Crippen molar-refractivity contribution in [3.8, 4) is 11.5 Å². The second-order valence-electron chi connectivity index (χ2n) is 6.32. The van der Waals surface area contributed by atoms with E-state index in [1.165, 1.54) is 0 Å². The average Bonchev–Trinajstić information content (AvgIpc) is 3.15. The number of rotatable bonds is 6. The van der Waals surface area contributed by atoms with Crippen molar-refractivity contribution in [1.82, 2.24) is 14.7 Å². The molecule has 0 N–H and O–H groups in total. The van der Waals surface area contributed by atoms with Gasteiger partial charge in [-0.25, -0.2) is 0 Å². The molecule has 2 heterocycles. The van der Waals surface area contributed by atoms with Crippen molar-refractivity contribution in [1.29, 1.82) is 0 Å². The van der Waals surface area contributed by atoms with Crippen molar-refractivity contribution in [3.05, 3.63) is 42.2 Å². The summed E-state index contributed by atoms with van der Waals surface area (Å²) in [5, 5.41) is 4.28. The molecule has 25 heavy (non-hydrogen) atoms. The number of carbonyl (C=O) groups is 1. The molecular weight excluding hydrogens is 318 g/mol. The summed E-state index contributed by atoms with van der Waals surface area (Å²) in [5.74, 6) is 1.55. The minimum Gasteiger partial charge on any atom is -0.497 e. The van der Waals surface area contributed by atoms with Crippen molar-refractivity contribution in [3.63, 3.8) is 0 Å². The largest absolute Gasteiger partial charge is 0.497 e. The van der Waals surface area contributed by atoms with Gasteiger partial charge in [0, 0.05) is 30.6 Å². The molecule has 0 bridgehead atoms. The molecule has 0 radical (unpaired) electrons. The van der Waals surface area contributed by atoms with Crippen LogP contribution in [0, 0.1) is 0 Å². The van der Waals surface area contributed by atoms with Crippen LogP contribution in [0.5, 0.6) is 11.5 Å². The molecule has 0 aliphatic carbocycles. The quantitative estimate of drug-likeness (QED) is 0.809. The van der Waals surface area contributed by atoms with E-state index in [2.05, 4.69) is 5.10 Å². The molecule has 1 aromatic heterocycles. The van der Waals surface area contributed by atoms with Crippen LogP contribution in [0.15, 0.2) is 36.7 Å². The Morgan fingerprint density at radius 3 is 2.88 bits per heavy atom. The van der Waals surface area contributed by atoms with E-state index in [0.29, 0.717) is 12.2 Å². The maximum atomic E-state index is 12.9. The fraction of sp³-hybridized carbons (Fsp3) is 0.474. The fourth-order valence-electron chi connectivity index (χ4n) is 3.41. The molecule has 3 rings (SSSR count). The highest BCUT2D eigenvalue weighted by Crippen LogP contribution is 2.26. The average molecular weight is 343 g/mol. The minimum absolute atomic E-state index is 0.139. The summed E-state index contributed by atoms with van der Waals surface area (Å²) in [5.41, 5.74) is 0.886. The van der Waals surface area contributed by atoms with Gasteiger partial charge < -0.3 is 14.4 Å². The lowest BCUT2D eigenvalue weighted by molar-refractivity contribution is -0.134. The summed E-state index contributed by atoms with van der Waals surface area (Å²) in [6.07, 6.45) is 7.29. The second-order valence-corrected chi connectivity index (χ2v) is 6.32. The first-order valence-electron chi connectivity index (χ1n) is 8.69. The van der Waals surface area contributed by atoms with E-state index in [1.54, 1.807) is 20.4 Å². The van der Waals surface area contributed by atoms with Gasteiger partial charge in [0.05, 0.1) is 33.2 Å². The Balaban J connectivity index is 1.72. The smallest absolute Gasteiger partial charge is 0.227 e. The van der Waals surface area contributed by atoms with Crippen LogP contribution >= 0.6 is 0 Å². The summed E-state index contributed by atoms with van der Waals surface area (Å²) in [4.78, 5) is 14.9. The van der Waals surface area contributed by atoms with E-state index in [1.807, 2.05) is 40.0 Å². The lowest BCUT2D eigenvalue weighted by Gasteiger charge is -2.36. The highest BCUT2D eigenvalue weighted by atomic mass is 16.5. The Bertz CT molecular complexity index is 700. The number of aromatic nitrogens is 2. The van der Waals surface area contributed by atoms with E-state index < -0.39 is 0 Å². The topological polar surface area (TPSA) is 56.6 Å². The van der Waals surface area contributed by atoms with E-state index in [0.717, 1.165) is 43.7 Å². The van der Waals surface area contributed by atoms with Crippen LogP contribution in [0.4, 0.5) is 0 Å². The summed E-state index contributed by atoms with van der Waals surface area (Å²) < 4.78 is 12.6. The van der Waals surface area contributed by atoms with Gasteiger partial charge in [-0.05, 0) is 31.4 Å². The standard InChI is InChI=1S/C19H25N3O3/c1-24-17-8-7-15(18(13-17)25-2)12-19(23)22-11-4-3-6-16(22)14-21-10-5-9-20-21/h5,7-10,13,16H,3-4,6,11-12,14H2,1-2H3. The Morgan fingerprint density at radius 2 is 2.16 bits per heavy atom. The van der Waals surface area contributed by atoms with Crippen molar-refractivity contribution >= 4 is 5.91 Å². The van der Waals surface area contributed by atoms with Gasteiger partial charge >= 0.3 is 0 Å². The fourth-order valence-corrected chi connectivity index (χ4v) is 3.41. The maximum Gasteiger partial charge on any atom is 0.227 e. The van der Waals surface area contributed by atoms with E-state index in [4.69, 9.17) is 9.47 Å². The summed E-state index contributed by atoms with van der Waals surface area (Å²) >= 11 is 0. The lowest BCUT2D eigenvalue weighted by Crippen LogP contribution is -2.46. The first-order chi connectivity index (χ1) is 12.2. The number of nitrogens with zero attached hydrogens (tertiary/aromatic N) is 3. The molecule has 1 aromatic carbocycles. The van der Waals surface area contributed by atoms with Crippen LogP contribution in [0.2, 0.25) is 0 Å². The van der Waals surface area contributed by atoms with E-state index in [-0.39, 0.29) is 11.9 Å². The molecule has 1 unspecified atom stereocenters. The number of piperidine rings is 1. The number of likely N-dealkylation sites (tertiary alicyclic amines) is 1. The molecule has 0 saturated carbocycles. The third-order valence-electron chi connectivity index (χ3n) is 4.74. The van der Waals surface area contributed by atoms with Crippen LogP contribution in [0.1, 0.15) is 24.8 Å². The van der Waals surface area contributed by atoms with Crippen molar-refractivity contribution < 1.29 is 14.3 Å². The third-order valence-corrected chi connectivity index (χ3v) is 4.74. The molecule has 0 spiro atoms. The molecule has 2 aromatic rings. The summed E-state index contributed by atoms with van der Waals surface area (Å²) in [6, 6.07) is 7.70. The molecule has 1 aliphatic rings. The summed E-state index contributed by atoms with van der Waals surface area (Å²) in [7, 11) is 3.23. The Kier molecular flexibility index (Phi) is 5.58. The lowest BCUT2D eigenvalue weighted by atomic mass is 10.0. The zero-order valence-electron chi connectivity index (χ0n) is 14.9. The van der Waals surface area contributed by atoms with Gasteiger partial charge in [0.2, 0.25) is 5.91 Å². The van der Waals surface area contributed by atoms with Crippen LogP contribution in [-0.2, 0) is 17.8 Å². The van der Waals surface area contributed by atoms with Crippen LogP contribution < -0.4 is 9.47 Å². The van der Waals surface area contributed by atoms with Crippen molar-refractivity contribution in [2.24, 2.45) is 0 Å². The molecule has 1 aliphatic heterocycles. The van der Waals surface area contributed by atoms with Crippen molar-refractivity contribution in [2.75, 3.05) is 20.8 Å². The molecule has 134 valence electrons. The van der Waals surface area contributed by atoms with Gasteiger partial charge in [-0.15, -0.1) is 0 Å². The number of methoxy groups -OCH3 is 2. The maximum absolute atomic E-state index is 12.9. The van der Waals surface area contributed by atoms with E-state index in [9.17, 15) is 4.79 Å². The molecule has 1 amide bonds. The monoisotopic (exact) mass is 343 g/mol. The molecule has 6 nitrogen and oxygen atoms in total. The Hall–Kier alpha value is -2.50. The number of hydrogen-bond acceptors (Lipinski definition) is 4. The summed E-state index contributed by atoms with van der Waals surface area (Å²) in [6.45, 7) is 1.56. The molecule has 1 saturated heterocycles. The number of ether oxygens (including phenoxy) is 2. The van der Waals surface area contributed by atoms with Gasteiger partial charge in [0.15, 0.2) is 0 Å². The van der Waals surface area contributed by atoms with E-state index >= 15 is 0 Å². The van der Waals surface area contributed by atoms with Gasteiger partial charge in [0.25, 0.3) is 0 Å². The normalized spacial score (nSPS) is 17.4. The number of amides is 1. The zero-order valence-corrected chi connectivity index (χ0v) is 14.9. The first kappa shape index (κ1) is 17.3.